The van der Waals surface area contributed by atoms with Gasteiger partial charge in [0, 0.05) is 23.6 Å². The Kier molecular flexibility index (Phi) is 4.12. The van der Waals surface area contributed by atoms with Crippen LogP contribution in [-0.4, -0.2) is 14.8 Å². The number of halogens is 1. The molecule has 24 heavy (non-hydrogen) atoms. The number of hydrogen-bond acceptors (Lipinski definition) is 4. The zero-order valence-electron chi connectivity index (χ0n) is 13.5. The van der Waals surface area contributed by atoms with E-state index in [1.54, 1.807) is 0 Å². The second kappa shape index (κ2) is 6.42. The molecular weight excluding hydrogens is 324 g/mol. The molecule has 0 radical (unpaired) electrons. The molecule has 6 heteroatoms. The SMILES string of the molecule is CC(NCc1ccc(-c2ccc(Cl)cc2)o1)c1nnc2n1CCC2. The number of benzene rings is 1. The van der Waals surface area contributed by atoms with Crippen molar-refractivity contribution in [2.45, 2.75) is 38.9 Å². The fourth-order valence-electron chi connectivity index (χ4n) is 3.08. The summed E-state index contributed by atoms with van der Waals surface area (Å²) in [7, 11) is 0. The number of nitrogens with one attached hydrogen (secondary N) is 1. The van der Waals surface area contributed by atoms with Crippen LogP contribution in [0.25, 0.3) is 11.3 Å². The fraction of sp³-hybridized carbons (Fsp3) is 0.333. The third-order valence-electron chi connectivity index (χ3n) is 4.40. The number of rotatable bonds is 5. The summed E-state index contributed by atoms with van der Waals surface area (Å²) in [6.45, 7) is 3.78. The maximum atomic E-state index is 5.92. The van der Waals surface area contributed by atoms with Crippen LogP contribution < -0.4 is 5.32 Å². The van der Waals surface area contributed by atoms with E-state index in [-0.39, 0.29) is 6.04 Å². The number of aromatic nitrogens is 3. The van der Waals surface area contributed by atoms with Gasteiger partial charge in [-0.05, 0) is 49.7 Å². The van der Waals surface area contributed by atoms with E-state index < -0.39 is 0 Å². The Balaban J connectivity index is 1.42. The molecule has 3 aromatic rings. The van der Waals surface area contributed by atoms with Crippen molar-refractivity contribution in [1.29, 1.82) is 0 Å². The molecule has 1 aromatic carbocycles. The zero-order chi connectivity index (χ0) is 16.5. The molecule has 0 fully saturated rings. The van der Waals surface area contributed by atoms with E-state index in [1.165, 1.54) is 0 Å². The molecule has 1 atom stereocenters. The monoisotopic (exact) mass is 342 g/mol. The Bertz CT molecular complexity index is 837. The first-order valence-corrected chi connectivity index (χ1v) is 8.58. The molecule has 2 aromatic heterocycles. The van der Waals surface area contributed by atoms with Gasteiger partial charge in [-0.25, -0.2) is 0 Å². The maximum absolute atomic E-state index is 5.92. The first-order chi connectivity index (χ1) is 11.7. The lowest BCUT2D eigenvalue weighted by molar-refractivity contribution is 0.451. The number of fused-ring (bicyclic) bond motifs is 1. The van der Waals surface area contributed by atoms with Crippen molar-refractivity contribution in [2.75, 3.05) is 0 Å². The van der Waals surface area contributed by atoms with Crippen LogP contribution in [0.4, 0.5) is 0 Å². The fourth-order valence-corrected chi connectivity index (χ4v) is 3.21. The second-order valence-electron chi connectivity index (χ2n) is 6.11. The number of hydrogen-bond donors (Lipinski definition) is 1. The highest BCUT2D eigenvalue weighted by atomic mass is 35.5. The smallest absolute Gasteiger partial charge is 0.149 e. The van der Waals surface area contributed by atoms with Crippen LogP contribution >= 0.6 is 11.6 Å². The Labute approximate surface area is 145 Å². The maximum Gasteiger partial charge on any atom is 0.149 e. The van der Waals surface area contributed by atoms with Crippen LogP contribution in [0.5, 0.6) is 0 Å². The Morgan fingerprint density at radius 3 is 2.88 bits per heavy atom. The molecule has 5 nitrogen and oxygen atoms in total. The van der Waals surface area contributed by atoms with Crippen LogP contribution in [0.15, 0.2) is 40.8 Å². The molecule has 4 rings (SSSR count). The van der Waals surface area contributed by atoms with E-state index in [0.717, 1.165) is 53.1 Å². The van der Waals surface area contributed by atoms with Crippen LogP contribution in [0.2, 0.25) is 5.02 Å². The first-order valence-electron chi connectivity index (χ1n) is 8.21. The van der Waals surface area contributed by atoms with Crippen molar-refractivity contribution in [2.24, 2.45) is 0 Å². The largest absolute Gasteiger partial charge is 0.460 e. The van der Waals surface area contributed by atoms with Gasteiger partial charge in [-0.1, -0.05) is 11.6 Å². The van der Waals surface area contributed by atoms with Crippen LogP contribution in [0, 0.1) is 0 Å². The zero-order valence-corrected chi connectivity index (χ0v) is 14.3. The van der Waals surface area contributed by atoms with Gasteiger partial charge in [0.15, 0.2) is 0 Å². The van der Waals surface area contributed by atoms with E-state index in [4.69, 9.17) is 16.0 Å². The van der Waals surface area contributed by atoms with Gasteiger partial charge in [-0.2, -0.15) is 0 Å². The molecule has 1 aliphatic heterocycles. The molecule has 0 saturated carbocycles. The molecule has 1 unspecified atom stereocenters. The van der Waals surface area contributed by atoms with Crippen molar-refractivity contribution in [3.8, 4) is 11.3 Å². The van der Waals surface area contributed by atoms with E-state index in [1.807, 2.05) is 36.4 Å². The Morgan fingerprint density at radius 2 is 2.04 bits per heavy atom. The minimum absolute atomic E-state index is 0.133. The van der Waals surface area contributed by atoms with E-state index in [9.17, 15) is 0 Å². The van der Waals surface area contributed by atoms with Crippen molar-refractivity contribution < 1.29 is 4.42 Å². The molecule has 3 heterocycles. The summed E-state index contributed by atoms with van der Waals surface area (Å²) < 4.78 is 8.14. The molecule has 0 saturated heterocycles. The first kappa shape index (κ1) is 15.4. The summed E-state index contributed by atoms with van der Waals surface area (Å²) in [5.41, 5.74) is 1.02. The van der Waals surface area contributed by atoms with Gasteiger partial charge >= 0.3 is 0 Å². The third kappa shape index (κ3) is 2.97. The highest BCUT2D eigenvalue weighted by Crippen LogP contribution is 2.24. The predicted molar refractivity (Wildman–Crippen MR) is 92.8 cm³/mol. The summed E-state index contributed by atoms with van der Waals surface area (Å²) in [6.07, 6.45) is 2.19. The van der Waals surface area contributed by atoms with E-state index in [2.05, 4.69) is 27.0 Å². The van der Waals surface area contributed by atoms with Crippen LogP contribution in [-0.2, 0) is 19.5 Å². The molecule has 0 amide bonds. The minimum Gasteiger partial charge on any atom is -0.460 e. The molecule has 124 valence electrons. The van der Waals surface area contributed by atoms with Gasteiger partial charge in [-0.15, -0.1) is 10.2 Å². The van der Waals surface area contributed by atoms with Gasteiger partial charge < -0.3 is 14.3 Å². The quantitative estimate of drug-likeness (QED) is 0.761. The van der Waals surface area contributed by atoms with Gasteiger partial charge in [0.25, 0.3) is 0 Å². The second-order valence-corrected chi connectivity index (χ2v) is 6.54. The lowest BCUT2D eigenvalue weighted by Gasteiger charge is -2.12. The topological polar surface area (TPSA) is 55.9 Å². The van der Waals surface area contributed by atoms with E-state index in [0.29, 0.717) is 6.54 Å². The summed E-state index contributed by atoms with van der Waals surface area (Å²) in [5.74, 6) is 3.85. The summed E-state index contributed by atoms with van der Waals surface area (Å²) in [4.78, 5) is 0. The molecule has 0 spiro atoms. The van der Waals surface area contributed by atoms with E-state index >= 15 is 0 Å². The number of aryl methyl sites for hydroxylation is 1. The summed E-state index contributed by atoms with van der Waals surface area (Å²) in [5, 5.41) is 12.8. The average Bonchev–Trinajstić information content (AvgIpc) is 3.30. The minimum atomic E-state index is 0.133. The summed E-state index contributed by atoms with van der Waals surface area (Å²) >= 11 is 5.92. The van der Waals surface area contributed by atoms with Crippen molar-refractivity contribution in [1.82, 2.24) is 20.1 Å². The van der Waals surface area contributed by atoms with Gasteiger partial charge in [0.2, 0.25) is 0 Å². The molecule has 1 aliphatic rings. The average molecular weight is 343 g/mol. The number of nitrogens with zero attached hydrogens (tertiary/aromatic N) is 3. The molecule has 0 bridgehead atoms. The van der Waals surface area contributed by atoms with Gasteiger partial charge in [-0.3, -0.25) is 0 Å². The van der Waals surface area contributed by atoms with Gasteiger partial charge in [0.1, 0.15) is 23.2 Å². The van der Waals surface area contributed by atoms with Crippen molar-refractivity contribution in [3.05, 3.63) is 58.8 Å². The van der Waals surface area contributed by atoms with Crippen LogP contribution in [0.3, 0.4) is 0 Å². The van der Waals surface area contributed by atoms with Crippen molar-refractivity contribution >= 4 is 11.6 Å². The number of furan rings is 1. The highest BCUT2D eigenvalue weighted by Gasteiger charge is 2.21. The normalized spacial score (nSPS) is 14.8. The third-order valence-corrected chi connectivity index (χ3v) is 4.65. The molecule has 0 aliphatic carbocycles. The molecule has 1 N–H and O–H groups in total. The predicted octanol–water partition coefficient (Wildman–Crippen LogP) is 3.99. The molecular formula is C18H19ClN4O. The van der Waals surface area contributed by atoms with Crippen LogP contribution in [0.1, 0.15) is 36.8 Å². The Morgan fingerprint density at radius 1 is 1.21 bits per heavy atom. The van der Waals surface area contributed by atoms with Gasteiger partial charge in [0.05, 0.1) is 12.6 Å². The highest BCUT2D eigenvalue weighted by molar-refractivity contribution is 6.30. The lowest BCUT2D eigenvalue weighted by atomic mass is 10.2. The standard InChI is InChI=1S/C18H19ClN4O/c1-12(18-22-21-17-3-2-10-23(17)18)20-11-15-8-9-16(24-15)13-4-6-14(19)7-5-13/h4-9,12,20H,2-3,10-11H2,1H3. The lowest BCUT2D eigenvalue weighted by Crippen LogP contribution is -2.21. The Hall–Kier alpha value is -2.11. The summed E-state index contributed by atoms with van der Waals surface area (Å²) in [6, 6.07) is 11.8. The van der Waals surface area contributed by atoms with Crippen molar-refractivity contribution in [3.63, 3.8) is 0 Å².